The van der Waals surface area contributed by atoms with E-state index in [-0.39, 0.29) is 5.78 Å². The van der Waals surface area contributed by atoms with Gasteiger partial charge in [0.1, 0.15) is 0 Å². The van der Waals surface area contributed by atoms with Crippen molar-refractivity contribution in [2.45, 2.75) is 19.8 Å². The lowest BCUT2D eigenvalue weighted by atomic mass is 10.1. The second-order valence-electron chi connectivity index (χ2n) is 3.83. The summed E-state index contributed by atoms with van der Waals surface area (Å²) in [4.78, 5) is 14.5. The van der Waals surface area contributed by atoms with Crippen LogP contribution in [0.2, 0.25) is 0 Å². The van der Waals surface area contributed by atoms with Crippen LogP contribution in [-0.4, -0.2) is 5.78 Å². The van der Waals surface area contributed by atoms with E-state index >= 15 is 0 Å². The van der Waals surface area contributed by atoms with Gasteiger partial charge in [0.05, 0.1) is 0 Å². The van der Waals surface area contributed by atoms with E-state index in [4.69, 9.17) is 0 Å². The molecule has 0 unspecified atom stereocenters. The Hall–Kier alpha value is -0.930. The zero-order chi connectivity index (χ0) is 12.3. The highest BCUT2D eigenvalue weighted by molar-refractivity contribution is 9.10. The smallest absolute Gasteiger partial charge is 0.168 e. The molecule has 1 heterocycles. The first-order valence-electron chi connectivity index (χ1n) is 5.55. The standard InChI is InChI=1S/C14H13BrOS/c1-2-12-7-8-13(17-12)9-14(16)10-3-5-11(15)6-4-10/h3-8H,2,9H2,1H3. The van der Waals surface area contributed by atoms with Gasteiger partial charge in [-0.15, -0.1) is 11.3 Å². The monoisotopic (exact) mass is 308 g/mol. The van der Waals surface area contributed by atoms with Crippen molar-refractivity contribution in [3.05, 3.63) is 56.2 Å². The third kappa shape index (κ3) is 3.27. The summed E-state index contributed by atoms with van der Waals surface area (Å²) in [5, 5.41) is 0. The Morgan fingerprint density at radius 3 is 2.35 bits per heavy atom. The predicted octanol–water partition coefficient (Wildman–Crippen LogP) is 4.50. The molecule has 0 atom stereocenters. The van der Waals surface area contributed by atoms with Crippen LogP contribution in [0.25, 0.3) is 0 Å². The molecule has 0 aliphatic rings. The minimum Gasteiger partial charge on any atom is -0.294 e. The maximum atomic E-state index is 12.0. The molecule has 2 aromatic rings. The van der Waals surface area contributed by atoms with Gasteiger partial charge >= 0.3 is 0 Å². The van der Waals surface area contributed by atoms with Crippen LogP contribution in [0.15, 0.2) is 40.9 Å². The normalized spacial score (nSPS) is 10.5. The number of rotatable bonds is 4. The Morgan fingerprint density at radius 1 is 1.12 bits per heavy atom. The lowest BCUT2D eigenvalue weighted by Gasteiger charge is -1.99. The molecule has 1 aromatic carbocycles. The van der Waals surface area contributed by atoms with E-state index in [9.17, 15) is 4.79 Å². The molecule has 3 heteroatoms. The molecule has 0 aliphatic heterocycles. The van der Waals surface area contributed by atoms with Crippen molar-refractivity contribution < 1.29 is 4.79 Å². The first kappa shape index (κ1) is 12.5. The van der Waals surface area contributed by atoms with Crippen LogP contribution in [0, 0.1) is 0 Å². The quantitative estimate of drug-likeness (QED) is 0.760. The topological polar surface area (TPSA) is 17.1 Å². The largest absolute Gasteiger partial charge is 0.294 e. The minimum atomic E-state index is 0.182. The van der Waals surface area contributed by atoms with Gasteiger partial charge in [0.25, 0.3) is 0 Å². The average Bonchev–Trinajstić information content (AvgIpc) is 2.77. The fourth-order valence-corrected chi connectivity index (χ4v) is 2.82. The van der Waals surface area contributed by atoms with Crippen LogP contribution >= 0.6 is 27.3 Å². The highest BCUT2D eigenvalue weighted by atomic mass is 79.9. The van der Waals surface area contributed by atoms with Crippen molar-refractivity contribution in [1.82, 2.24) is 0 Å². The van der Waals surface area contributed by atoms with Crippen molar-refractivity contribution >= 4 is 33.0 Å². The van der Waals surface area contributed by atoms with E-state index in [1.54, 1.807) is 11.3 Å². The number of carbonyl (C=O) groups is 1. The van der Waals surface area contributed by atoms with Gasteiger partial charge in [-0.2, -0.15) is 0 Å². The summed E-state index contributed by atoms with van der Waals surface area (Å²) in [5.41, 5.74) is 0.777. The van der Waals surface area contributed by atoms with Gasteiger partial charge in [0, 0.05) is 26.2 Å². The number of Topliss-reactive ketones (excluding diaryl/α,β-unsaturated/α-hetero) is 1. The molecule has 1 aromatic heterocycles. The van der Waals surface area contributed by atoms with E-state index < -0.39 is 0 Å². The number of carbonyl (C=O) groups excluding carboxylic acids is 1. The molecule has 0 N–H and O–H groups in total. The van der Waals surface area contributed by atoms with Gasteiger partial charge in [-0.25, -0.2) is 0 Å². The van der Waals surface area contributed by atoms with Crippen LogP contribution in [0.1, 0.15) is 27.0 Å². The molecular formula is C14H13BrOS. The highest BCUT2D eigenvalue weighted by Crippen LogP contribution is 2.19. The molecule has 0 amide bonds. The lowest BCUT2D eigenvalue weighted by Crippen LogP contribution is -2.01. The average molecular weight is 309 g/mol. The zero-order valence-corrected chi connectivity index (χ0v) is 12.0. The molecule has 0 saturated heterocycles. The fourth-order valence-electron chi connectivity index (χ4n) is 1.60. The van der Waals surface area contributed by atoms with Crippen LogP contribution in [-0.2, 0) is 12.8 Å². The van der Waals surface area contributed by atoms with Crippen molar-refractivity contribution in [3.8, 4) is 0 Å². The molecule has 1 nitrogen and oxygen atoms in total. The Balaban J connectivity index is 2.08. The maximum Gasteiger partial charge on any atom is 0.168 e. The highest BCUT2D eigenvalue weighted by Gasteiger charge is 2.08. The minimum absolute atomic E-state index is 0.182. The molecule has 17 heavy (non-hydrogen) atoms. The predicted molar refractivity (Wildman–Crippen MR) is 75.9 cm³/mol. The SMILES string of the molecule is CCc1ccc(CC(=O)c2ccc(Br)cc2)s1. The van der Waals surface area contributed by atoms with Gasteiger partial charge in [-0.3, -0.25) is 4.79 Å². The van der Waals surface area contributed by atoms with Crippen molar-refractivity contribution in [2.24, 2.45) is 0 Å². The van der Waals surface area contributed by atoms with Crippen molar-refractivity contribution in [2.75, 3.05) is 0 Å². The molecule has 0 spiro atoms. The molecule has 88 valence electrons. The summed E-state index contributed by atoms with van der Waals surface area (Å²) in [6.07, 6.45) is 1.55. The summed E-state index contributed by atoms with van der Waals surface area (Å²) >= 11 is 5.09. The summed E-state index contributed by atoms with van der Waals surface area (Å²) in [6, 6.07) is 11.7. The summed E-state index contributed by atoms with van der Waals surface area (Å²) in [6.45, 7) is 2.13. The number of thiophene rings is 1. The number of ketones is 1. The Kier molecular flexibility index (Phi) is 4.13. The number of hydrogen-bond acceptors (Lipinski definition) is 2. The summed E-state index contributed by atoms with van der Waals surface area (Å²) in [5.74, 6) is 0.182. The van der Waals surface area contributed by atoms with Crippen molar-refractivity contribution in [3.63, 3.8) is 0 Å². The molecule has 0 aliphatic carbocycles. The van der Waals surface area contributed by atoms with Gasteiger partial charge < -0.3 is 0 Å². The summed E-state index contributed by atoms with van der Waals surface area (Å²) < 4.78 is 0.999. The van der Waals surface area contributed by atoms with E-state index in [1.165, 1.54) is 4.88 Å². The molecule has 2 rings (SSSR count). The number of halogens is 1. The molecular weight excluding hydrogens is 296 g/mol. The van der Waals surface area contributed by atoms with E-state index in [0.717, 1.165) is 21.3 Å². The van der Waals surface area contributed by atoms with Gasteiger partial charge in [0.15, 0.2) is 5.78 Å². The molecule has 0 saturated carbocycles. The van der Waals surface area contributed by atoms with E-state index in [2.05, 4.69) is 35.0 Å². The number of benzene rings is 1. The van der Waals surface area contributed by atoms with E-state index in [0.29, 0.717) is 6.42 Å². The van der Waals surface area contributed by atoms with Crippen LogP contribution < -0.4 is 0 Å². The maximum absolute atomic E-state index is 12.0. The number of hydrogen-bond donors (Lipinski definition) is 0. The van der Waals surface area contributed by atoms with Gasteiger partial charge in [-0.05, 0) is 30.7 Å². The fraction of sp³-hybridized carbons (Fsp3) is 0.214. The first-order valence-corrected chi connectivity index (χ1v) is 7.16. The van der Waals surface area contributed by atoms with Crippen LogP contribution in [0.3, 0.4) is 0 Å². The second kappa shape index (κ2) is 5.61. The van der Waals surface area contributed by atoms with Gasteiger partial charge in [0.2, 0.25) is 0 Å². The third-order valence-electron chi connectivity index (χ3n) is 2.57. The van der Waals surface area contributed by atoms with Crippen molar-refractivity contribution in [1.29, 1.82) is 0 Å². The zero-order valence-electron chi connectivity index (χ0n) is 9.57. The third-order valence-corrected chi connectivity index (χ3v) is 4.32. The Labute approximate surface area is 114 Å². The first-order chi connectivity index (χ1) is 8.19. The lowest BCUT2D eigenvalue weighted by molar-refractivity contribution is 0.0994. The Bertz CT molecular complexity index is 513. The summed E-state index contributed by atoms with van der Waals surface area (Å²) in [7, 11) is 0. The number of aryl methyl sites for hydroxylation is 1. The Morgan fingerprint density at radius 2 is 1.76 bits per heavy atom. The van der Waals surface area contributed by atoms with E-state index in [1.807, 2.05) is 24.3 Å². The van der Waals surface area contributed by atoms with Gasteiger partial charge in [-0.1, -0.05) is 35.0 Å². The molecule has 0 fully saturated rings. The second-order valence-corrected chi connectivity index (χ2v) is 6.00. The molecule has 0 bridgehead atoms. The molecule has 0 radical (unpaired) electrons. The van der Waals surface area contributed by atoms with Crippen LogP contribution in [0.5, 0.6) is 0 Å². The van der Waals surface area contributed by atoms with Crippen LogP contribution in [0.4, 0.5) is 0 Å².